The van der Waals surface area contributed by atoms with Gasteiger partial charge in [0.2, 0.25) is 5.91 Å². The molecule has 2 aliphatic rings. The predicted octanol–water partition coefficient (Wildman–Crippen LogP) is 3.31. The Morgan fingerprint density at radius 1 is 1.21 bits per heavy atom. The molecule has 0 bridgehead atoms. The Hall–Kier alpha value is -2.17. The van der Waals surface area contributed by atoms with Crippen LogP contribution in [0.15, 0.2) is 35.5 Å². The van der Waals surface area contributed by atoms with Gasteiger partial charge in [0.05, 0.1) is 0 Å². The van der Waals surface area contributed by atoms with E-state index >= 15 is 0 Å². The zero-order valence-electron chi connectivity index (χ0n) is 13.9. The molecule has 2 N–H and O–H groups in total. The Morgan fingerprint density at radius 3 is 2.46 bits per heavy atom. The van der Waals surface area contributed by atoms with Gasteiger partial charge in [-0.25, -0.2) is 4.39 Å². The van der Waals surface area contributed by atoms with Crippen molar-refractivity contribution in [1.29, 1.82) is 0 Å². The van der Waals surface area contributed by atoms with Gasteiger partial charge in [0, 0.05) is 35.3 Å². The van der Waals surface area contributed by atoms with Crippen LogP contribution in [0.25, 0.3) is 0 Å². The van der Waals surface area contributed by atoms with Crippen molar-refractivity contribution in [2.24, 2.45) is 11.7 Å². The summed E-state index contributed by atoms with van der Waals surface area (Å²) in [6.07, 6.45) is 4.32. The second kappa shape index (κ2) is 6.75. The van der Waals surface area contributed by atoms with Gasteiger partial charge in [-0.05, 0) is 57.2 Å². The fraction of sp³-hybridized carbons (Fsp3) is 0.474. The van der Waals surface area contributed by atoms with Gasteiger partial charge in [-0.2, -0.15) is 0 Å². The van der Waals surface area contributed by atoms with Crippen molar-refractivity contribution >= 4 is 17.4 Å². The van der Waals surface area contributed by atoms with Crippen LogP contribution in [0.2, 0.25) is 0 Å². The number of nitrogens with two attached hydrogens (primary N) is 1. The lowest BCUT2D eigenvalue weighted by atomic mass is 9.84. The number of anilines is 1. The summed E-state index contributed by atoms with van der Waals surface area (Å²) < 4.78 is 13.8. The first-order valence-corrected chi connectivity index (χ1v) is 8.54. The third-order valence-electron chi connectivity index (χ3n) is 5.28. The minimum atomic E-state index is -0.286. The van der Waals surface area contributed by atoms with Gasteiger partial charge in [-0.3, -0.25) is 9.59 Å². The number of Topliss-reactive ketones (excluding diaryl/α,β-unsaturated/α-hetero) is 1. The van der Waals surface area contributed by atoms with Crippen molar-refractivity contribution < 1.29 is 14.0 Å². The average Bonchev–Trinajstić information content (AvgIpc) is 2.88. The van der Waals surface area contributed by atoms with Crippen molar-refractivity contribution in [3.05, 3.63) is 41.4 Å². The molecular weight excluding hydrogens is 307 g/mol. The number of ketones is 1. The molecule has 1 aromatic rings. The van der Waals surface area contributed by atoms with E-state index in [-0.39, 0.29) is 29.5 Å². The molecule has 24 heavy (non-hydrogen) atoms. The molecule has 4 nitrogen and oxygen atoms in total. The number of rotatable bonds is 4. The number of amides is 1. The lowest BCUT2D eigenvalue weighted by Gasteiger charge is -2.39. The number of carbonyl (C=O) groups excluding carboxylic acids is 2. The quantitative estimate of drug-likeness (QED) is 0.921. The Kier molecular flexibility index (Phi) is 4.69. The Balaban J connectivity index is 1.92. The average molecular weight is 330 g/mol. The maximum Gasteiger partial charge on any atom is 0.220 e. The van der Waals surface area contributed by atoms with Gasteiger partial charge in [-0.1, -0.05) is 6.07 Å². The van der Waals surface area contributed by atoms with Crippen LogP contribution in [0.4, 0.5) is 10.1 Å². The molecule has 1 aromatic carbocycles. The van der Waals surface area contributed by atoms with Gasteiger partial charge < -0.3 is 10.6 Å². The lowest BCUT2D eigenvalue weighted by Crippen LogP contribution is -2.40. The van der Waals surface area contributed by atoms with E-state index < -0.39 is 0 Å². The van der Waals surface area contributed by atoms with Gasteiger partial charge in [0.25, 0.3) is 0 Å². The van der Waals surface area contributed by atoms with E-state index in [2.05, 4.69) is 4.90 Å². The molecule has 1 fully saturated rings. The number of carbonyl (C=O) groups is 2. The largest absolute Gasteiger partial charge is 0.369 e. The van der Waals surface area contributed by atoms with Crippen LogP contribution >= 0.6 is 0 Å². The van der Waals surface area contributed by atoms with Crippen LogP contribution in [0.1, 0.15) is 45.4 Å². The first kappa shape index (κ1) is 16.7. The van der Waals surface area contributed by atoms with E-state index in [4.69, 9.17) is 5.73 Å². The minimum absolute atomic E-state index is 0.0732. The second-order valence-electron chi connectivity index (χ2n) is 6.75. The highest BCUT2D eigenvalue weighted by Gasteiger charge is 2.33. The van der Waals surface area contributed by atoms with Crippen LogP contribution < -0.4 is 10.6 Å². The van der Waals surface area contributed by atoms with E-state index in [1.807, 2.05) is 13.0 Å². The normalized spacial score (nSPS) is 24.3. The predicted molar refractivity (Wildman–Crippen MR) is 90.8 cm³/mol. The Bertz CT molecular complexity index is 690. The first-order valence-electron chi connectivity index (χ1n) is 8.54. The van der Waals surface area contributed by atoms with E-state index in [0.717, 1.165) is 42.6 Å². The lowest BCUT2D eigenvalue weighted by molar-refractivity contribution is -0.122. The fourth-order valence-corrected chi connectivity index (χ4v) is 3.90. The zero-order chi connectivity index (χ0) is 17.3. The van der Waals surface area contributed by atoms with Crippen molar-refractivity contribution in [2.75, 3.05) is 4.90 Å². The number of allylic oxidation sites excluding steroid dienone is 2. The summed E-state index contributed by atoms with van der Waals surface area (Å²) in [6, 6.07) is 6.68. The summed E-state index contributed by atoms with van der Waals surface area (Å²) in [5, 5.41) is 0. The molecule has 0 aromatic heterocycles. The monoisotopic (exact) mass is 330 g/mol. The molecule has 2 aliphatic carbocycles. The highest BCUT2D eigenvalue weighted by Crippen LogP contribution is 2.37. The molecule has 5 heteroatoms. The number of nitrogens with zero attached hydrogens (tertiary/aromatic N) is 1. The molecule has 0 unspecified atom stereocenters. The van der Waals surface area contributed by atoms with Crippen molar-refractivity contribution in [2.45, 2.75) is 51.5 Å². The topological polar surface area (TPSA) is 63.4 Å². The van der Waals surface area contributed by atoms with Crippen molar-refractivity contribution in [3.63, 3.8) is 0 Å². The third-order valence-corrected chi connectivity index (χ3v) is 5.28. The molecular formula is C19H23FN2O2. The van der Waals surface area contributed by atoms with Crippen molar-refractivity contribution in [3.8, 4) is 0 Å². The van der Waals surface area contributed by atoms with Crippen LogP contribution in [0.3, 0.4) is 0 Å². The molecule has 1 saturated carbocycles. The maximum absolute atomic E-state index is 13.8. The number of benzene rings is 1. The summed E-state index contributed by atoms with van der Waals surface area (Å²) in [5.41, 5.74) is 7.97. The molecule has 0 saturated heterocycles. The fourth-order valence-electron chi connectivity index (χ4n) is 3.90. The number of halogens is 1. The summed E-state index contributed by atoms with van der Waals surface area (Å²) in [7, 11) is 0. The smallest absolute Gasteiger partial charge is 0.220 e. The first-order chi connectivity index (χ1) is 11.5. The van der Waals surface area contributed by atoms with E-state index in [0.29, 0.717) is 12.8 Å². The molecule has 0 atom stereocenters. The van der Waals surface area contributed by atoms with E-state index in [1.165, 1.54) is 12.1 Å². The molecule has 128 valence electrons. The molecule has 0 aliphatic heterocycles. The molecule has 0 heterocycles. The van der Waals surface area contributed by atoms with Crippen LogP contribution in [0, 0.1) is 11.7 Å². The number of hydrogen-bond donors (Lipinski definition) is 1. The van der Waals surface area contributed by atoms with Gasteiger partial charge in [0.1, 0.15) is 5.82 Å². The second-order valence-corrected chi connectivity index (χ2v) is 6.75. The van der Waals surface area contributed by atoms with Crippen LogP contribution in [-0.2, 0) is 9.59 Å². The Labute approximate surface area is 141 Å². The number of hydrogen-bond acceptors (Lipinski definition) is 3. The van der Waals surface area contributed by atoms with E-state index in [9.17, 15) is 14.0 Å². The number of primary amides is 1. The molecule has 1 amide bonds. The maximum atomic E-state index is 13.8. The molecule has 3 rings (SSSR count). The van der Waals surface area contributed by atoms with Gasteiger partial charge in [0.15, 0.2) is 5.78 Å². The standard InChI is InChI=1S/C19H23FN2O2/c1-12-17(9-10-18(12)23)22(16-4-2-3-14(20)11-16)15-7-5-13(6-8-15)19(21)24/h2-4,11,13,15H,5-10H2,1H3,(H2,21,24). The highest BCUT2D eigenvalue weighted by atomic mass is 19.1. The van der Waals surface area contributed by atoms with Crippen LogP contribution in [-0.4, -0.2) is 17.7 Å². The highest BCUT2D eigenvalue weighted by molar-refractivity contribution is 5.99. The SMILES string of the molecule is CC1=C(N(c2cccc(F)c2)C2CCC(C(N)=O)CC2)CCC1=O. The van der Waals surface area contributed by atoms with Crippen LogP contribution in [0.5, 0.6) is 0 Å². The van der Waals surface area contributed by atoms with Gasteiger partial charge in [-0.15, -0.1) is 0 Å². The summed E-state index contributed by atoms with van der Waals surface area (Å²) in [4.78, 5) is 25.5. The minimum Gasteiger partial charge on any atom is -0.369 e. The summed E-state index contributed by atoms with van der Waals surface area (Å²) >= 11 is 0. The van der Waals surface area contributed by atoms with E-state index in [1.54, 1.807) is 6.07 Å². The summed E-state index contributed by atoms with van der Waals surface area (Å²) in [6.45, 7) is 1.85. The molecule has 0 radical (unpaired) electrons. The summed E-state index contributed by atoms with van der Waals surface area (Å²) in [5.74, 6) is -0.434. The molecule has 0 spiro atoms. The zero-order valence-corrected chi connectivity index (χ0v) is 13.9. The van der Waals surface area contributed by atoms with Crippen molar-refractivity contribution in [1.82, 2.24) is 0 Å². The van der Waals surface area contributed by atoms with Gasteiger partial charge >= 0.3 is 0 Å². The third kappa shape index (κ3) is 3.21. The Morgan fingerprint density at radius 2 is 1.92 bits per heavy atom.